The zero-order chi connectivity index (χ0) is 19.3. The Labute approximate surface area is 164 Å². The lowest BCUT2D eigenvalue weighted by molar-refractivity contribution is -0.117. The molecular formula is C22H27BrO3. The smallest absolute Gasteiger partial charge is 0.164 e. The minimum absolute atomic E-state index is 0.0708. The van der Waals surface area contributed by atoms with Gasteiger partial charge in [-0.15, -0.1) is 0 Å². The molecule has 140 valence electrons. The average molecular weight is 419 g/mol. The van der Waals surface area contributed by atoms with Crippen molar-refractivity contribution in [1.82, 2.24) is 0 Å². The minimum Gasteiger partial charge on any atom is -0.355 e. The Kier molecular flexibility index (Phi) is 7.16. The zero-order valence-electron chi connectivity index (χ0n) is 16.1. The van der Waals surface area contributed by atoms with E-state index in [1.54, 1.807) is 14.2 Å². The summed E-state index contributed by atoms with van der Waals surface area (Å²) in [6.45, 7) is 6.55. The van der Waals surface area contributed by atoms with Crippen LogP contribution in [0.5, 0.6) is 0 Å². The van der Waals surface area contributed by atoms with Gasteiger partial charge in [-0.05, 0) is 28.7 Å². The van der Waals surface area contributed by atoms with E-state index < -0.39 is 6.29 Å². The Hall–Kier alpha value is -1.49. The summed E-state index contributed by atoms with van der Waals surface area (Å²) in [4.78, 5) is 12.8. The van der Waals surface area contributed by atoms with Crippen molar-refractivity contribution in [2.24, 2.45) is 0 Å². The third kappa shape index (κ3) is 5.26. The van der Waals surface area contributed by atoms with Gasteiger partial charge >= 0.3 is 0 Å². The van der Waals surface area contributed by atoms with E-state index in [-0.39, 0.29) is 17.1 Å². The molecule has 0 bridgehead atoms. The summed E-state index contributed by atoms with van der Waals surface area (Å²) in [5, 5.41) is 0. The number of hydrogen-bond donors (Lipinski definition) is 0. The van der Waals surface area contributed by atoms with Gasteiger partial charge in [0.25, 0.3) is 0 Å². The first kappa shape index (κ1) is 20.8. The van der Waals surface area contributed by atoms with Crippen LogP contribution < -0.4 is 0 Å². The van der Waals surface area contributed by atoms with Crippen molar-refractivity contribution in [2.45, 2.75) is 44.8 Å². The second-order valence-corrected chi connectivity index (χ2v) is 8.37. The maximum absolute atomic E-state index is 12.8. The fourth-order valence-electron chi connectivity index (χ4n) is 2.98. The van der Waals surface area contributed by atoms with Crippen LogP contribution in [0.4, 0.5) is 0 Å². The molecule has 0 aromatic heterocycles. The molecule has 0 aliphatic carbocycles. The number of rotatable bonds is 7. The minimum atomic E-state index is -0.477. The van der Waals surface area contributed by atoms with E-state index in [0.29, 0.717) is 12.0 Å². The number of ketones is 1. The van der Waals surface area contributed by atoms with Gasteiger partial charge in [0.2, 0.25) is 0 Å². The number of methoxy groups -OCH3 is 2. The maximum atomic E-state index is 12.8. The van der Waals surface area contributed by atoms with E-state index in [1.807, 2.05) is 24.3 Å². The van der Waals surface area contributed by atoms with Crippen LogP contribution in [0.1, 0.15) is 54.6 Å². The Balaban J connectivity index is 2.28. The number of carbonyl (C=O) groups is 1. The van der Waals surface area contributed by atoms with Gasteiger partial charge in [-0.1, -0.05) is 73.1 Å². The molecule has 26 heavy (non-hydrogen) atoms. The highest BCUT2D eigenvalue weighted by Gasteiger charge is 2.27. The van der Waals surface area contributed by atoms with Crippen LogP contribution >= 0.6 is 15.9 Å². The van der Waals surface area contributed by atoms with Crippen molar-refractivity contribution in [3.05, 3.63) is 69.7 Å². The Bertz CT molecular complexity index is 711. The summed E-state index contributed by atoms with van der Waals surface area (Å²) in [7, 11) is 3.21. The second kappa shape index (κ2) is 8.94. The predicted molar refractivity (Wildman–Crippen MR) is 109 cm³/mol. The van der Waals surface area contributed by atoms with E-state index >= 15 is 0 Å². The molecule has 4 heteroatoms. The Morgan fingerprint density at radius 2 is 1.50 bits per heavy atom. The van der Waals surface area contributed by atoms with Crippen LogP contribution in [0.2, 0.25) is 0 Å². The van der Waals surface area contributed by atoms with Crippen molar-refractivity contribution in [1.29, 1.82) is 0 Å². The summed E-state index contributed by atoms with van der Waals surface area (Å²) < 4.78 is 11.9. The van der Waals surface area contributed by atoms with Crippen LogP contribution in [0, 0.1) is 0 Å². The third-order valence-corrected chi connectivity index (χ3v) is 5.10. The van der Waals surface area contributed by atoms with Crippen molar-refractivity contribution >= 4 is 21.7 Å². The molecule has 0 amide bonds. The zero-order valence-corrected chi connectivity index (χ0v) is 17.7. The molecule has 0 aliphatic rings. The van der Waals surface area contributed by atoms with Gasteiger partial charge in [0.15, 0.2) is 12.1 Å². The average Bonchev–Trinajstić information content (AvgIpc) is 2.61. The first-order valence-electron chi connectivity index (χ1n) is 8.71. The molecule has 2 aromatic carbocycles. The van der Waals surface area contributed by atoms with Crippen LogP contribution in [0.25, 0.3) is 0 Å². The molecule has 0 saturated carbocycles. The highest BCUT2D eigenvalue weighted by atomic mass is 79.9. The quantitative estimate of drug-likeness (QED) is 0.425. The first-order valence-corrected chi connectivity index (χ1v) is 9.50. The molecule has 0 saturated heterocycles. The van der Waals surface area contributed by atoms with Gasteiger partial charge in [-0.3, -0.25) is 4.79 Å². The van der Waals surface area contributed by atoms with Crippen molar-refractivity contribution in [3.63, 3.8) is 0 Å². The number of halogens is 1. The number of carbonyl (C=O) groups excluding carboxylic acids is 1. The summed E-state index contributed by atoms with van der Waals surface area (Å²) in [5.41, 5.74) is 3.07. The van der Waals surface area contributed by atoms with Gasteiger partial charge in [0.1, 0.15) is 0 Å². The molecule has 2 rings (SSSR count). The standard InChI is InChI=1S/C22H27BrO3/c1-22(2,3)17-10-6-15(7-11-17)19(21(25-4)26-5)14-20(24)16-8-12-18(23)13-9-16/h6-13,19,21H,14H2,1-5H3. The summed E-state index contributed by atoms with van der Waals surface area (Å²) >= 11 is 3.40. The van der Waals surface area contributed by atoms with Crippen molar-refractivity contribution < 1.29 is 14.3 Å². The lowest BCUT2D eigenvalue weighted by atomic mass is 9.84. The van der Waals surface area contributed by atoms with Gasteiger partial charge < -0.3 is 9.47 Å². The summed E-state index contributed by atoms with van der Waals surface area (Å²) in [5.74, 6) is -0.100. The van der Waals surface area contributed by atoms with E-state index in [9.17, 15) is 4.79 Å². The topological polar surface area (TPSA) is 35.5 Å². The monoisotopic (exact) mass is 418 g/mol. The normalized spacial score (nSPS) is 13.0. The van der Waals surface area contributed by atoms with Crippen LogP contribution in [-0.4, -0.2) is 26.3 Å². The molecule has 0 spiro atoms. The Morgan fingerprint density at radius 3 is 1.96 bits per heavy atom. The van der Waals surface area contributed by atoms with Gasteiger partial charge in [-0.25, -0.2) is 0 Å². The van der Waals surface area contributed by atoms with Crippen LogP contribution in [-0.2, 0) is 14.9 Å². The lowest BCUT2D eigenvalue weighted by Crippen LogP contribution is -2.25. The van der Waals surface area contributed by atoms with Gasteiger partial charge in [-0.2, -0.15) is 0 Å². The number of Topliss-reactive ketones (excluding diaryl/α,β-unsaturated/α-hetero) is 1. The molecule has 1 unspecified atom stereocenters. The Morgan fingerprint density at radius 1 is 0.962 bits per heavy atom. The van der Waals surface area contributed by atoms with E-state index in [1.165, 1.54) is 5.56 Å². The fourth-order valence-corrected chi connectivity index (χ4v) is 3.24. The lowest BCUT2D eigenvalue weighted by Gasteiger charge is -2.26. The maximum Gasteiger partial charge on any atom is 0.164 e. The summed E-state index contributed by atoms with van der Waals surface area (Å²) in [6, 6.07) is 15.8. The van der Waals surface area contributed by atoms with Crippen molar-refractivity contribution in [3.8, 4) is 0 Å². The van der Waals surface area contributed by atoms with E-state index in [0.717, 1.165) is 10.0 Å². The molecule has 0 heterocycles. The molecule has 0 N–H and O–H groups in total. The predicted octanol–water partition coefficient (Wildman–Crippen LogP) is 5.72. The van der Waals surface area contributed by atoms with Crippen LogP contribution in [0.3, 0.4) is 0 Å². The number of ether oxygens (including phenoxy) is 2. The number of benzene rings is 2. The molecule has 0 radical (unpaired) electrons. The highest BCUT2D eigenvalue weighted by Crippen LogP contribution is 2.30. The van der Waals surface area contributed by atoms with E-state index in [4.69, 9.17) is 9.47 Å². The van der Waals surface area contributed by atoms with E-state index in [2.05, 4.69) is 61.0 Å². The number of hydrogen-bond acceptors (Lipinski definition) is 3. The fraction of sp³-hybridized carbons (Fsp3) is 0.409. The molecule has 1 atom stereocenters. The van der Waals surface area contributed by atoms with Crippen molar-refractivity contribution in [2.75, 3.05) is 14.2 Å². The highest BCUT2D eigenvalue weighted by molar-refractivity contribution is 9.10. The molecular weight excluding hydrogens is 392 g/mol. The second-order valence-electron chi connectivity index (χ2n) is 7.45. The SMILES string of the molecule is COC(OC)C(CC(=O)c1ccc(Br)cc1)c1ccc(C(C)(C)C)cc1. The molecule has 3 nitrogen and oxygen atoms in total. The first-order chi connectivity index (χ1) is 12.3. The molecule has 0 aliphatic heterocycles. The third-order valence-electron chi connectivity index (χ3n) is 4.57. The molecule has 0 fully saturated rings. The largest absolute Gasteiger partial charge is 0.355 e. The van der Waals surface area contributed by atoms with Gasteiger partial charge in [0.05, 0.1) is 0 Å². The van der Waals surface area contributed by atoms with Gasteiger partial charge in [0, 0.05) is 36.6 Å². The van der Waals surface area contributed by atoms with Crippen LogP contribution in [0.15, 0.2) is 53.0 Å². The molecule has 2 aromatic rings. The summed E-state index contributed by atoms with van der Waals surface area (Å²) in [6.07, 6.45) is -0.155.